The summed E-state index contributed by atoms with van der Waals surface area (Å²) in [7, 11) is 1.51. The van der Waals surface area contributed by atoms with Crippen molar-refractivity contribution in [3.63, 3.8) is 0 Å². The molecule has 2 aromatic carbocycles. The van der Waals surface area contributed by atoms with Crippen molar-refractivity contribution in [1.82, 2.24) is 5.43 Å². The third-order valence-electron chi connectivity index (χ3n) is 3.54. The van der Waals surface area contributed by atoms with Crippen LogP contribution in [0.15, 0.2) is 47.6 Å². The Balaban J connectivity index is 1.78. The van der Waals surface area contributed by atoms with E-state index in [4.69, 9.17) is 4.74 Å². The molecule has 0 aromatic heterocycles. The number of hydrazone groups is 1. The Morgan fingerprint density at radius 3 is 2.50 bits per heavy atom. The average molecular weight is 355 g/mol. The largest absolute Gasteiger partial charge is 0.507 e. The average Bonchev–Trinajstić information content (AvgIpc) is 2.63. The van der Waals surface area contributed by atoms with Gasteiger partial charge in [0.2, 0.25) is 11.8 Å². The fourth-order valence-electron chi connectivity index (χ4n) is 2.08. The summed E-state index contributed by atoms with van der Waals surface area (Å²) in [6.45, 7) is 1.96. The molecule has 2 rings (SSSR count). The first-order valence-corrected chi connectivity index (χ1v) is 8.03. The number of rotatable bonds is 7. The van der Waals surface area contributed by atoms with Gasteiger partial charge in [0.25, 0.3) is 0 Å². The summed E-state index contributed by atoms with van der Waals surface area (Å²) < 4.78 is 5.05. The molecule has 0 aliphatic rings. The van der Waals surface area contributed by atoms with Gasteiger partial charge in [-0.15, -0.1) is 0 Å². The Bertz CT molecular complexity index is 801. The molecule has 0 bridgehead atoms. The van der Waals surface area contributed by atoms with E-state index in [1.165, 1.54) is 19.4 Å². The van der Waals surface area contributed by atoms with Gasteiger partial charge in [-0.05, 0) is 37.3 Å². The summed E-state index contributed by atoms with van der Waals surface area (Å²) in [4.78, 5) is 23.6. The number of methoxy groups -OCH3 is 1. The van der Waals surface area contributed by atoms with E-state index < -0.39 is 5.91 Å². The second kappa shape index (κ2) is 9.22. The molecular formula is C19H21N3O4. The predicted octanol–water partition coefficient (Wildman–Crippen LogP) is 2.58. The monoisotopic (exact) mass is 355 g/mol. The highest BCUT2D eigenvalue weighted by Gasteiger charge is 2.07. The topological polar surface area (TPSA) is 100 Å². The number of nitrogens with zero attached hydrogens (tertiary/aromatic N) is 1. The van der Waals surface area contributed by atoms with E-state index in [9.17, 15) is 14.7 Å². The first kappa shape index (κ1) is 19.0. The maximum Gasteiger partial charge on any atom is 0.240 e. The number of carbonyl (C=O) groups is 2. The van der Waals surface area contributed by atoms with Crippen LogP contribution in [0.5, 0.6) is 11.5 Å². The van der Waals surface area contributed by atoms with Crippen LogP contribution in [-0.4, -0.2) is 30.2 Å². The Hall–Kier alpha value is -3.35. The Morgan fingerprint density at radius 1 is 1.12 bits per heavy atom. The van der Waals surface area contributed by atoms with Crippen molar-refractivity contribution in [3.8, 4) is 11.5 Å². The summed E-state index contributed by atoms with van der Waals surface area (Å²) in [6.07, 6.45) is 1.35. The highest BCUT2D eigenvalue weighted by molar-refractivity contribution is 5.93. The highest BCUT2D eigenvalue weighted by Crippen LogP contribution is 2.20. The van der Waals surface area contributed by atoms with Gasteiger partial charge in [-0.1, -0.05) is 17.7 Å². The van der Waals surface area contributed by atoms with Crippen LogP contribution in [0.25, 0.3) is 0 Å². The summed E-state index contributed by atoms with van der Waals surface area (Å²) in [5, 5.41) is 16.2. The molecule has 2 aromatic rings. The van der Waals surface area contributed by atoms with Gasteiger partial charge in [-0.3, -0.25) is 9.59 Å². The Morgan fingerprint density at radius 2 is 1.81 bits per heavy atom. The summed E-state index contributed by atoms with van der Waals surface area (Å²) in [6, 6.07) is 12.1. The smallest absolute Gasteiger partial charge is 0.240 e. The van der Waals surface area contributed by atoms with Crippen molar-refractivity contribution in [3.05, 3.63) is 53.6 Å². The number of hydrogen-bond donors (Lipinski definition) is 3. The predicted molar refractivity (Wildman–Crippen MR) is 99.4 cm³/mol. The molecule has 0 fully saturated rings. The zero-order valence-corrected chi connectivity index (χ0v) is 14.7. The standard InChI is InChI=1S/C19H21N3O4/c1-13-3-5-15(6-4-13)21-18(24)9-10-19(25)22-20-12-14-11-16(26-2)7-8-17(14)23/h3-8,11-12,23H,9-10H2,1-2H3,(H,21,24)(H,22,25)/b20-12-. The molecule has 2 amide bonds. The number of aromatic hydroxyl groups is 1. The molecule has 0 heterocycles. The number of phenolic OH excluding ortho intramolecular Hbond substituents is 1. The molecule has 7 heteroatoms. The van der Waals surface area contributed by atoms with Crippen molar-refractivity contribution in [2.45, 2.75) is 19.8 Å². The van der Waals surface area contributed by atoms with Crippen LogP contribution in [0.1, 0.15) is 24.0 Å². The fourth-order valence-corrected chi connectivity index (χ4v) is 2.08. The lowest BCUT2D eigenvalue weighted by atomic mass is 10.2. The normalized spacial score (nSPS) is 10.5. The number of aryl methyl sites for hydroxylation is 1. The van der Waals surface area contributed by atoms with Crippen molar-refractivity contribution in [1.29, 1.82) is 0 Å². The lowest BCUT2D eigenvalue weighted by molar-refractivity contribution is -0.124. The van der Waals surface area contributed by atoms with E-state index in [2.05, 4.69) is 15.8 Å². The van der Waals surface area contributed by atoms with Crippen LogP contribution in [-0.2, 0) is 9.59 Å². The first-order valence-electron chi connectivity index (χ1n) is 8.03. The molecule has 0 unspecified atom stereocenters. The van der Waals surface area contributed by atoms with Crippen molar-refractivity contribution < 1.29 is 19.4 Å². The van der Waals surface area contributed by atoms with Crippen LogP contribution in [0.2, 0.25) is 0 Å². The van der Waals surface area contributed by atoms with E-state index in [0.717, 1.165) is 5.56 Å². The number of hydrogen-bond acceptors (Lipinski definition) is 5. The van der Waals surface area contributed by atoms with E-state index in [1.807, 2.05) is 19.1 Å². The van der Waals surface area contributed by atoms with Gasteiger partial charge in [0, 0.05) is 24.1 Å². The maximum atomic E-state index is 11.8. The van der Waals surface area contributed by atoms with Crippen molar-refractivity contribution >= 4 is 23.7 Å². The number of ether oxygens (including phenoxy) is 1. The maximum absolute atomic E-state index is 11.8. The summed E-state index contributed by atoms with van der Waals surface area (Å²) in [5.74, 6) is -0.0780. The number of anilines is 1. The minimum atomic E-state index is -0.400. The van der Waals surface area contributed by atoms with E-state index >= 15 is 0 Å². The second-order valence-electron chi connectivity index (χ2n) is 5.63. The molecule has 0 spiro atoms. The van der Waals surface area contributed by atoms with E-state index in [-0.39, 0.29) is 24.5 Å². The zero-order valence-electron chi connectivity index (χ0n) is 14.7. The SMILES string of the molecule is COc1ccc(O)c(/C=N\NC(=O)CCC(=O)Nc2ccc(C)cc2)c1. The zero-order chi connectivity index (χ0) is 18.9. The molecular weight excluding hydrogens is 334 g/mol. The van der Waals surface area contributed by atoms with Gasteiger partial charge < -0.3 is 15.2 Å². The molecule has 7 nitrogen and oxygen atoms in total. The molecule has 0 saturated heterocycles. The van der Waals surface area contributed by atoms with Crippen LogP contribution < -0.4 is 15.5 Å². The van der Waals surface area contributed by atoms with Crippen LogP contribution in [0.4, 0.5) is 5.69 Å². The number of nitrogens with one attached hydrogen (secondary N) is 2. The minimum Gasteiger partial charge on any atom is -0.507 e. The number of carbonyl (C=O) groups excluding carboxylic acids is 2. The molecule has 0 aliphatic carbocycles. The van der Waals surface area contributed by atoms with Crippen molar-refractivity contribution in [2.24, 2.45) is 5.10 Å². The van der Waals surface area contributed by atoms with Crippen LogP contribution in [0, 0.1) is 6.92 Å². The number of benzene rings is 2. The van der Waals surface area contributed by atoms with Gasteiger partial charge in [0.05, 0.1) is 13.3 Å². The second-order valence-corrected chi connectivity index (χ2v) is 5.63. The quantitative estimate of drug-likeness (QED) is 0.525. The lowest BCUT2D eigenvalue weighted by Crippen LogP contribution is -2.20. The van der Waals surface area contributed by atoms with Gasteiger partial charge in [-0.25, -0.2) is 5.43 Å². The van der Waals surface area contributed by atoms with Gasteiger partial charge in [0.15, 0.2) is 0 Å². The molecule has 26 heavy (non-hydrogen) atoms. The molecule has 3 N–H and O–H groups in total. The van der Waals surface area contributed by atoms with Gasteiger partial charge >= 0.3 is 0 Å². The highest BCUT2D eigenvalue weighted by atomic mass is 16.5. The van der Waals surface area contributed by atoms with E-state index in [1.54, 1.807) is 24.3 Å². The molecule has 0 aliphatic heterocycles. The molecule has 0 saturated carbocycles. The molecule has 0 radical (unpaired) electrons. The van der Waals surface area contributed by atoms with Gasteiger partial charge in [-0.2, -0.15) is 5.10 Å². The van der Waals surface area contributed by atoms with E-state index in [0.29, 0.717) is 17.0 Å². The summed E-state index contributed by atoms with van der Waals surface area (Å²) in [5.41, 5.74) is 4.51. The fraction of sp³-hybridized carbons (Fsp3) is 0.211. The number of phenols is 1. The van der Waals surface area contributed by atoms with Crippen molar-refractivity contribution in [2.75, 3.05) is 12.4 Å². The van der Waals surface area contributed by atoms with Gasteiger partial charge in [0.1, 0.15) is 11.5 Å². The third kappa shape index (κ3) is 5.94. The van der Waals surface area contributed by atoms with Crippen LogP contribution >= 0.6 is 0 Å². The molecule has 136 valence electrons. The van der Waals surface area contributed by atoms with Crippen LogP contribution in [0.3, 0.4) is 0 Å². The first-order chi connectivity index (χ1) is 12.5. The Labute approximate surface area is 151 Å². The molecule has 0 atom stereocenters. The third-order valence-corrected chi connectivity index (χ3v) is 3.54. The Kier molecular flexibility index (Phi) is 6.73. The minimum absolute atomic E-state index is 0.000865. The lowest BCUT2D eigenvalue weighted by Gasteiger charge is -2.05. The summed E-state index contributed by atoms with van der Waals surface area (Å²) >= 11 is 0. The number of amides is 2.